The van der Waals surface area contributed by atoms with Gasteiger partial charge in [0, 0.05) is 10.9 Å². The van der Waals surface area contributed by atoms with E-state index >= 15 is 0 Å². The van der Waals surface area contributed by atoms with E-state index < -0.39 is 0 Å². The van der Waals surface area contributed by atoms with Crippen LogP contribution in [0.4, 0.5) is 0 Å². The highest BCUT2D eigenvalue weighted by Gasteiger charge is 2.14. The molecule has 5 rings (SSSR count). The van der Waals surface area contributed by atoms with Crippen LogP contribution < -0.4 is 10.3 Å². The summed E-state index contributed by atoms with van der Waals surface area (Å²) in [5.74, 6) is 0.826. The minimum atomic E-state index is -0.0157. The van der Waals surface area contributed by atoms with Gasteiger partial charge in [-0.25, -0.2) is 4.98 Å². The zero-order valence-electron chi connectivity index (χ0n) is 16.5. The molecule has 0 aliphatic heterocycles. The van der Waals surface area contributed by atoms with E-state index in [1.165, 1.54) is 16.7 Å². The molecule has 5 heteroatoms. The van der Waals surface area contributed by atoms with Gasteiger partial charge in [0.2, 0.25) is 0 Å². The van der Waals surface area contributed by atoms with Gasteiger partial charge in [0.1, 0.15) is 10.6 Å². The highest BCUT2D eigenvalue weighted by molar-refractivity contribution is 7.17. The third-order valence-electron chi connectivity index (χ3n) is 5.26. The summed E-state index contributed by atoms with van der Waals surface area (Å²) in [6.45, 7) is 3.08. The Kier molecular flexibility index (Phi) is 4.81. The van der Waals surface area contributed by atoms with Crippen molar-refractivity contribution in [2.75, 3.05) is 6.61 Å². The molecule has 0 saturated carbocycles. The number of benzene rings is 3. The molecule has 0 bridgehead atoms. The molecule has 0 N–H and O–H groups in total. The number of hydrogen-bond acceptors (Lipinski definition) is 4. The van der Waals surface area contributed by atoms with Crippen molar-refractivity contribution in [1.82, 2.24) is 9.55 Å². The summed E-state index contributed by atoms with van der Waals surface area (Å²) in [7, 11) is 0. The predicted molar refractivity (Wildman–Crippen MR) is 124 cm³/mol. The van der Waals surface area contributed by atoms with Crippen LogP contribution in [0.1, 0.15) is 12.5 Å². The van der Waals surface area contributed by atoms with Gasteiger partial charge < -0.3 is 4.74 Å². The number of thiophene rings is 1. The Morgan fingerprint density at radius 2 is 1.80 bits per heavy atom. The van der Waals surface area contributed by atoms with Crippen molar-refractivity contribution in [2.24, 2.45) is 0 Å². The predicted octanol–water partition coefficient (Wildman–Crippen LogP) is 5.73. The van der Waals surface area contributed by atoms with E-state index in [2.05, 4.69) is 29.2 Å². The average Bonchev–Trinajstić information content (AvgIpc) is 3.22. The smallest absolute Gasteiger partial charge is 0.263 e. The lowest BCUT2D eigenvalue weighted by Crippen LogP contribution is -2.21. The molecule has 2 heterocycles. The molecule has 0 radical (unpaired) electrons. The standard InChI is InChI=1S/C25H20N2O2S/c1-2-29-20-12-10-18(11-13-20)22-15-30-24-23(22)25(28)27(16-26-24)14-19-8-5-7-17-6-3-4-9-21(17)19/h3-13,15-16H,2,14H2,1H3. The normalized spacial score (nSPS) is 11.2. The molecular formula is C25H20N2O2S. The van der Waals surface area contributed by atoms with Gasteiger partial charge >= 0.3 is 0 Å². The quantitative estimate of drug-likeness (QED) is 0.371. The lowest BCUT2D eigenvalue weighted by atomic mass is 10.0. The fourth-order valence-corrected chi connectivity index (χ4v) is 4.71. The van der Waals surface area contributed by atoms with Crippen LogP contribution in [-0.2, 0) is 6.54 Å². The second kappa shape index (κ2) is 7.76. The molecule has 0 atom stereocenters. The molecular weight excluding hydrogens is 392 g/mol. The summed E-state index contributed by atoms with van der Waals surface area (Å²) in [6, 6.07) is 22.3. The Morgan fingerprint density at radius 3 is 2.63 bits per heavy atom. The molecule has 5 aromatic rings. The Hall–Kier alpha value is -3.44. The van der Waals surface area contributed by atoms with Gasteiger partial charge in [-0.15, -0.1) is 11.3 Å². The fraction of sp³-hybridized carbons (Fsp3) is 0.120. The second-order valence-electron chi connectivity index (χ2n) is 7.10. The molecule has 0 aliphatic rings. The fourth-order valence-electron chi connectivity index (χ4n) is 3.80. The molecule has 148 valence electrons. The van der Waals surface area contributed by atoms with Crippen LogP contribution in [0.3, 0.4) is 0 Å². The van der Waals surface area contributed by atoms with Crippen molar-refractivity contribution in [3.05, 3.63) is 94.4 Å². The maximum absolute atomic E-state index is 13.4. The van der Waals surface area contributed by atoms with E-state index in [0.29, 0.717) is 18.5 Å². The summed E-state index contributed by atoms with van der Waals surface area (Å²) < 4.78 is 7.24. The van der Waals surface area contributed by atoms with Gasteiger partial charge in [-0.1, -0.05) is 54.6 Å². The first-order valence-electron chi connectivity index (χ1n) is 9.91. The molecule has 0 spiro atoms. The van der Waals surface area contributed by atoms with Gasteiger partial charge in [-0.3, -0.25) is 9.36 Å². The highest BCUT2D eigenvalue weighted by atomic mass is 32.1. The van der Waals surface area contributed by atoms with E-state index in [9.17, 15) is 4.79 Å². The maximum atomic E-state index is 13.4. The molecule has 0 aliphatic carbocycles. The maximum Gasteiger partial charge on any atom is 0.263 e. The topological polar surface area (TPSA) is 44.1 Å². The number of fused-ring (bicyclic) bond motifs is 2. The number of aromatic nitrogens is 2. The van der Waals surface area contributed by atoms with Gasteiger partial charge in [-0.2, -0.15) is 0 Å². The van der Waals surface area contributed by atoms with Crippen molar-refractivity contribution >= 4 is 32.3 Å². The lowest BCUT2D eigenvalue weighted by Gasteiger charge is -2.09. The number of hydrogen-bond donors (Lipinski definition) is 0. The summed E-state index contributed by atoms with van der Waals surface area (Å²) >= 11 is 1.50. The van der Waals surface area contributed by atoms with Crippen molar-refractivity contribution < 1.29 is 4.74 Å². The molecule has 0 saturated heterocycles. The molecule has 30 heavy (non-hydrogen) atoms. The molecule has 0 unspecified atom stereocenters. The van der Waals surface area contributed by atoms with Crippen molar-refractivity contribution in [2.45, 2.75) is 13.5 Å². The van der Waals surface area contributed by atoms with Gasteiger partial charge in [0.05, 0.1) is 24.9 Å². The SMILES string of the molecule is CCOc1ccc(-c2csc3ncn(Cc4cccc5ccccc45)c(=O)c23)cc1. The zero-order chi connectivity index (χ0) is 20.5. The van der Waals surface area contributed by atoms with Crippen LogP contribution in [0.15, 0.2) is 83.2 Å². The largest absolute Gasteiger partial charge is 0.494 e. The van der Waals surface area contributed by atoms with Crippen LogP contribution in [0, 0.1) is 0 Å². The average molecular weight is 413 g/mol. The molecule has 0 amide bonds. The first-order chi connectivity index (χ1) is 14.7. The van der Waals surface area contributed by atoms with Gasteiger partial charge in [0.15, 0.2) is 0 Å². The summed E-state index contributed by atoms with van der Waals surface area (Å²) in [4.78, 5) is 18.7. The Morgan fingerprint density at radius 1 is 1.00 bits per heavy atom. The lowest BCUT2D eigenvalue weighted by molar-refractivity contribution is 0.340. The Balaban J connectivity index is 1.59. The first-order valence-corrected chi connectivity index (χ1v) is 10.8. The molecule has 0 fully saturated rings. The van der Waals surface area contributed by atoms with Crippen molar-refractivity contribution in [3.63, 3.8) is 0 Å². The van der Waals surface area contributed by atoms with Crippen LogP contribution in [0.5, 0.6) is 5.75 Å². The van der Waals surface area contributed by atoms with Crippen LogP contribution in [0.25, 0.3) is 32.1 Å². The van der Waals surface area contributed by atoms with E-state index in [4.69, 9.17) is 4.74 Å². The first kappa shape index (κ1) is 18.6. The van der Waals surface area contributed by atoms with Crippen molar-refractivity contribution in [1.29, 1.82) is 0 Å². The molecule has 3 aromatic carbocycles. The van der Waals surface area contributed by atoms with Gasteiger partial charge in [0.25, 0.3) is 5.56 Å². The Bertz CT molecular complexity index is 1400. The number of ether oxygens (including phenoxy) is 1. The Labute approximate surface area is 178 Å². The third-order valence-corrected chi connectivity index (χ3v) is 6.14. The zero-order valence-corrected chi connectivity index (χ0v) is 17.4. The number of nitrogens with zero attached hydrogens (tertiary/aromatic N) is 2. The molecule has 4 nitrogen and oxygen atoms in total. The summed E-state index contributed by atoms with van der Waals surface area (Å²) in [5, 5.41) is 5.01. The minimum Gasteiger partial charge on any atom is -0.494 e. The monoisotopic (exact) mass is 412 g/mol. The summed E-state index contributed by atoms with van der Waals surface area (Å²) in [6.07, 6.45) is 1.66. The minimum absolute atomic E-state index is 0.0157. The van der Waals surface area contributed by atoms with E-state index in [0.717, 1.165) is 32.7 Å². The van der Waals surface area contributed by atoms with Gasteiger partial charge in [-0.05, 0) is 41.0 Å². The molecule has 2 aromatic heterocycles. The van der Waals surface area contributed by atoms with Crippen LogP contribution >= 0.6 is 11.3 Å². The third kappa shape index (κ3) is 3.27. The van der Waals surface area contributed by atoms with E-state index in [1.807, 2.05) is 54.8 Å². The second-order valence-corrected chi connectivity index (χ2v) is 7.96. The van der Waals surface area contributed by atoms with Crippen LogP contribution in [0.2, 0.25) is 0 Å². The number of rotatable bonds is 5. The highest BCUT2D eigenvalue weighted by Crippen LogP contribution is 2.31. The van der Waals surface area contributed by atoms with E-state index in [1.54, 1.807) is 10.9 Å². The van der Waals surface area contributed by atoms with Crippen LogP contribution in [-0.4, -0.2) is 16.2 Å². The summed E-state index contributed by atoms with van der Waals surface area (Å²) in [5.41, 5.74) is 3.00. The van der Waals surface area contributed by atoms with E-state index in [-0.39, 0.29) is 5.56 Å². The van der Waals surface area contributed by atoms with Crippen molar-refractivity contribution in [3.8, 4) is 16.9 Å².